The normalized spacial score (nSPS) is 10.5. The molecule has 1 N–H and O–H groups in total. The standard InChI is InChI=1S/C16H19N3O3/c1-11(2)10-17-14-9-12(3)18-16(15(14)19(20)21)22-13-7-5-4-6-8-13/h4-9,11H,10H2,1-3H3,(H,17,18). The lowest BCUT2D eigenvalue weighted by Gasteiger charge is -2.12. The van der Waals surface area contributed by atoms with Crippen LogP contribution in [0.3, 0.4) is 0 Å². The fourth-order valence-corrected chi connectivity index (χ4v) is 1.93. The van der Waals surface area contributed by atoms with Crippen LogP contribution in [0.1, 0.15) is 19.5 Å². The van der Waals surface area contributed by atoms with E-state index in [4.69, 9.17) is 4.74 Å². The van der Waals surface area contributed by atoms with Gasteiger partial charge in [0.1, 0.15) is 11.4 Å². The molecule has 0 unspecified atom stereocenters. The third kappa shape index (κ3) is 3.94. The number of pyridine rings is 1. The summed E-state index contributed by atoms with van der Waals surface area (Å²) in [7, 11) is 0. The van der Waals surface area contributed by atoms with E-state index in [1.165, 1.54) is 0 Å². The lowest BCUT2D eigenvalue weighted by Crippen LogP contribution is -2.11. The number of benzene rings is 1. The number of ether oxygens (including phenoxy) is 1. The summed E-state index contributed by atoms with van der Waals surface area (Å²) >= 11 is 0. The number of rotatable bonds is 6. The van der Waals surface area contributed by atoms with Gasteiger partial charge < -0.3 is 10.1 Å². The van der Waals surface area contributed by atoms with Crippen molar-refractivity contribution in [3.63, 3.8) is 0 Å². The van der Waals surface area contributed by atoms with Gasteiger partial charge in [-0.1, -0.05) is 32.0 Å². The van der Waals surface area contributed by atoms with E-state index in [1.807, 2.05) is 19.9 Å². The molecule has 22 heavy (non-hydrogen) atoms. The zero-order chi connectivity index (χ0) is 16.1. The summed E-state index contributed by atoms with van der Waals surface area (Å²) in [5.41, 5.74) is 0.940. The highest BCUT2D eigenvalue weighted by atomic mass is 16.6. The van der Waals surface area contributed by atoms with Gasteiger partial charge in [-0.2, -0.15) is 0 Å². The minimum atomic E-state index is -0.465. The molecule has 0 aliphatic rings. The first-order chi connectivity index (χ1) is 10.5. The largest absolute Gasteiger partial charge is 0.434 e. The van der Waals surface area contributed by atoms with Crippen molar-refractivity contribution in [2.24, 2.45) is 5.92 Å². The maximum atomic E-state index is 11.4. The topological polar surface area (TPSA) is 77.3 Å². The quantitative estimate of drug-likeness (QED) is 0.640. The first kappa shape index (κ1) is 15.8. The van der Waals surface area contributed by atoms with E-state index < -0.39 is 4.92 Å². The number of aromatic nitrogens is 1. The monoisotopic (exact) mass is 301 g/mol. The van der Waals surface area contributed by atoms with E-state index >= 15 is 0 Å². The number of nitrogens with zero attached hydrogens (tertiary/aromatic N) is 2. The lowest BCUT2D eigenvalue weighted by molar-refractivity contribution is -0.385. The highest BCUT2D eigenvalue weighted by molar-refractivity contribution is 5.67. The van der Waals surface area contributed by atoms with Gasteiger partial charge in [0.25, 0.3) is 0 Å². The summed E-state index contributed by atoms with van der Waals surface area (Å²) in [6.45, 7) is 6.49. The van der Waals surface area contributed by atoms with Crippen LogP contribution < -0.4 is 10.1 Å². The smallest absolute Gasteiger partial charge is 0.354 e. The van der Waals surface area contributed by atoms with Gasteiger partial charge in [0.15, 0.2) is 0 Å². The Morgan fingerprint density at radius 2 is 2.00 bits per heavy atom. The molecule has 1 heterocycles. The molecule has 0 fully saturated rings. The highest BCUT2D eigenvalue weighted by Crippen LogP contribution is 2.36. The predicted octanol–water partition coefficient (Wildman–Crippen LogP) is 4.16. The Balaban J connectivity index is 2.41. The maximum Gasteiger partial charge on any atom is 0.354 e. The lowest BCUT2D eigenvalue weighted by atomic mass is 10.2. The van der Waals surface area contributed by atoms with Crippen LogP contribution in [-0.2, 0) is 0 Å². The molecule has 2 rings (SSSR count). The van der Waals surface area contributed by atoms with Gasteiger partial charge in [0.05, 0.1) is 4.92 Å². The Morgan fingerprint density at radius 1 is 1.32 bits per heavy atom. The van der Waals surface area contributed by atoms with Crippen molar-refractivity contribution < 1.29 is 9.66 Å². The summed E-state index contributed by atoms with van der Waals surface area (Å²) in [5, 5.41) is 14.5. The molecule has 0 aliphatic carbocycles. The van der Waals surface area contributed by atoms with Gasteiger partial charge in [0.2, 0.25) is 0 Å². The fourth-order valence-electron chi connectivity index (χ4n) is 1.93. The van der Waals surface area contributed by atoms with Crippen LogP contribution in [0, 0.1) is 23.0 Å². The molecule has 0 saturated heterocycles. The van der Waals surface area contributed by atoms with Crippen molar-refractivity contribution in [1.82, 2.24) is 4.98 Å². The molecular weight excluding hydrogens is 282 g/mol. The zero-order valence-electron chi connectivity index (χ0n) is 12.9. The molecule has 1 aromatic heterocycles. The molecule has 0 atom stereocenters. The van der Waals surface area contributed by atoms with Crippen LogP contribution >= 0.6 is 0 Å². The molecule has 0 amide bonds. The van der Waals surface area contributed by atoms with Crippen molar-refractivity contribution in [2.45, 2.75) is 20.8 Å². The van der Waals surface area contributed by atoms with Gasteiger partial charge in [-0.3, -0.25) is 10.1 Å². The van der Waals surface area contributed by atoms with Crippen molar-refractivity contribution in [2.75, 3.05) is 11.9 Å². The molecule has 1 aromatic carbocycles. The van der Waals surface area contributed by atoms with Crippen LogP contribution in [0.4, 0.5) is 11.4 Å². The Hall–Kier alpha value is -2.63. The Labute approximate surface area is 129 Å². The molecule has 0 aliphatic heterocycles. The maximum absolute atomic E-state index is 11.4. The fraction of sp³-hybridized carbons (Fsp3) is 0.312. The summed E-state index contributed by atoms with van der Waals surface area (Å²) in [6.07, 6.45) is 0. The number of hydrogen-bond donors (Lipinski definition) is 1. The third-order valence-electron chi connectivity index (χ3n) is 2.93. The highest BCUT2D eigenvalue weighted by Gasteiger charge is 2.24. The predicted molar refractivity (Wildman–Crippen MR) is 85.5 cm³/mol. The first-order valence-electron chi connectivity index (χ1n) is 7.10. The van der Waals surface area contributed by atoms with Crippen molar-refractivity contribution in [3.05, 3.63) is 52.2 Å². The van der Waals surface area contributed by atoms with Crippen LogP contribution in [0.2, 0.25) is 0 Å². The molecular formula is C16H19N3O3. The van der Waals surface area contributed by atoms with E-state index in [2.05, 4.69) is 10.3 Å². The molecule has 0 saturated carbocycles. The third-order valence-corrected chi connectivity index (χ3v) is 2.93. The van der Waals surface area contributed by atoms with Crippen molar-refractivity contribution in [1.29, 1.82) is 0 Å². The second-order valence-electron chi connectivity index (χ2n) is 5.41. The van der Waals surface area contributed by atoms with Crippen LogP contribution in [0.25, 0.3) is 0 Å². The number of aryl methyl sites for hydroxylation is 1. The second kappa shape index (κ2) is 6.89. The van der Waals surface area contributed by atoms with E-state index in [1.54, 1.807) is 37.3 Å². The molecule has 0 radical (unpaired) electrons. The summed E-state index contributed by atoms with van der Waals surface area (Å²) < 4.78 is 5.61. The Morgan fingerprint density at radius 3 is 2.59 bits per heavy atom. The van der Waals surface area contributed by atoms with Gasteiger partial charge in [-0.15, -0.1) is 0 Å². The Bertz CT molecular complexity index is 657. The molecule has 6 heteroatoms. The van der Waals surface area contributed by atoms with Crippen molar-refractivity contribution in [3.8, 4) is 11.6 Å². The molecule has 0 spiro atoms. The van der Waals surface area contributed by atoms with Gasteiger partial charge in [-0.25, -0.2) is 4.98 Å². The number of nitro groups is 1. The van der Waals surface area contributed by atoms with Crippen molar-refractivity contribution >= 4 is 11.4 Å². The minimum Gasteiger partial charge on any atom is -0.434 e. The summed E-state index contributed by atoms with van der Waals surface area (Å²) in [6, 6.07) is 10.6. The van der Waals surface area contributed by atoms with E-state index in [0.717, 1.165) is 0 Å². The van der Waals surface area contributed by atoms with Crippen LogP contribution in [-0.4, -0.2) is 16.5 Å². The average molecular weight is 301 g/mol. The summed E-state index contributed by atoms with van der Waals surface area (Å²) in [4.78, 5) is 15.1. The SMILES string of the molecule is Cc1cc(NCC(C)C)c([N+](=O)[O-])c(Oc2ccccc2)n1. The zero-order valence-corrected chi connectivity index (χ0v) is 12.9. The molecule has 0 bridgehead atoms. The first-order valence-corrected chi connectivity index (χ1v) is 7.10. The van der Waals surface area contributed by atoms with Gasteiger partial charge in [0, 0.05) is 12.2 Å². The van der Waals surface area contributed by atoms with Gasteiger partial charge in [-0.05, 0) is 31.0 Å². The number of nitrogens with one attached hydrogen (secondary N) is 1. The number of anilines is 1. The second-order valence-corrected chi connectivity index (χ2v) is 5.41. The van der Waals surface area contributed by atoms with Gasteiger partial charge >= 0.3 is 11.6 Å². The van der Waals surface area contributed by atoms with Crippen LogP contribution in [0.5, 0.6) is 11.6 Å². The molecule has 2 aromatic rings. The number of hydrogen-bond acceptors (Lipinski definition) is 5. The molecule has 6 nitrogen and oxygen atoms in total. The van der Waals surface area contributed by atoms with E-state index in [0.29, 0.717) is 29.6 Å². The Kier molecular flexibility index (Phi) is 4.93. The minimum absolute atomic E-state index is 0.00227. The van der Waals surface area contributed by atoms with E-state index in [-0.39, 0.29) is 11.6 Å². The average Bonchev–Trinajstić information content (AvgIpc) is 2.45. The number of para-hydroxylation sites is 1. The van der Waals surface area contributed by atoms with E-state index in [9.17, 15) is 10.1 Å². The molecule has 116 valence electrons. The summed E-state index contributed by atoms with van der Waals surface area (Å²) in [5.74, 6) is 0.882. The van der Waals surface area contributed by atoms with Crippen LogP contribution in [0.15, 0.2) is 36.4 Å².